The minimum absolute atomic E-state index is 0.0282. The highest BCUT2D eigenvalue weighted by Crippen LogP contribution is 2.67. The van der Waals surface area contributed by atoms with Crippen LogP contribution in [0.3, 0.4) is 0 Å². The minimum Gasteiger partial charge on any atom is -0.462 e. The third-order valence-corrected chi connectivity index (χ3v) is 9.13. The van der Waals surface area contributed by atoms with E-state index < -0.39 is 0 Å². The Hall–Kier alpha value is -1.58. The molecule has 0 aromatic heterocycles. The molecule has 9 atom stereocenters. The van der Waals surface area contributed by atoms with E-state index in [1.807, 2.05) is 6.08 Å². The van der Waals surface area contributed by atoms with Crippen molar-refractivity contribution in [3.63, 3.8) is 0 Å². The molecule has 0 aromatic carbocycles. The standard InChI is InChI=1S/C25H36O4/c1-6-20-23(29-16(3)27)14-22-19-8-7-17-13-18(28-15(2)26)9-11-24(17,4)21(19)10-12-25(20,22)5/h6,9,11,17-23H,1,7-8,10,12-14H2,2-5H3/t17-,18+,19+,20-,21-,22-,23-,24-,25+/m0/s1. The number of rotatable bonds is 3. The van der Waals surface area contributed by atoms with E-state index in [-0.39, 0.29) is 40.9 Å². The van der Waals surface area contributed by atoms with Gasteiger partial charge >= 0.3 is 11.9 Å². The van der Waals surface area contributed by atoms with Crippen LogP contribution >= 0.6 is 0 Å². The first-order valence-corrected chi connectivity index (χ1v) is 11.4. The summed E-state index contributed by atoms with van der Waals surface area (Å²) in [5.41, 5.74) is 0.342. The van der Waals surface area contributed by atoms with Crippen LogP contribution in [-0.2, 0) is 19.1 Å². The summed E-state index contributed by atoms with van der Waals surface area (Å²) >= 11 is 0. The molecule has 0 saturated heterocycles. The zero-order chi connectivity index (χ0) is 21.0. The second-order valence-corrected chi connectivity index (χ2v) is 10.4. The van der Waals surface area contributed by atoms with Gasteiger partial charge in [0.05, 0.1) is 0 Å². The lowest BCUT2D eigenvalue weighted by molar-refractivity contribution is -0.148. The van der Waals surface area contributed by atoms with E-state index in [1.54, 1.807) is 0 Å². The monoisotopic (exact) mass is 400 g/mol. The summed E-state index contributed by atoms with van der Waals surface area (Å²) in [5.74, 6) is 2.34. The van der Waals surface area contributed by atoms with Crippen molar-refractivity contribution in [2.45, 2.75) is 78.4 Å². The van der Waals surface area contributed by atoms with E-state index in [1.165, 1.54) is 33.1 Å². The molecular formula is C25H36O4. The topological polar surface area (TPSA) is 52.6 Å². The van der Waals surface area contributed by atoms with E-state index in [4.69, 9.17) is 9.47 Å². The minimum atomic E-state index is -0.191. The molecule has 0 unspecified atom stereocenters. The lowest BCUT2D eigenvalue weighted by Crippen LogP contribution is -2.52. The summed E-state index contributed by atoms with van der Waals surface area (Å²) in [6.45, 7) is 12.0. The number of carbonyl (C=O) groups is 2. The third kappa shape index (κ3) is 3.27. The molecule has 4 nitrogen and oxygen atoms in total. The van der Waals surface area contributed by atoms with Crippen molar-refractivity contribution in [2.75, 3.05) is 0 Å². The summed E-state index contributed by atoms with van der Waals surface area (Å²) in [4.78, 5) is 23.1. The van der Waals surface area contributed by atoms with Crippen LogP contribution in [-0.4, -0.2) is 24.1 Å². The Morgan fingerprint density at radius 2 is 1.76 bits per heavy atom. The van der Waals surface area contributed by atoms with Crippen LogP contribution in [0, 0.1) is 40.4 Å². The summed E-state index contributed by atoms with van der Waals surface area (Å²) in [6, 6.07) is 0. The Balaban J connectivity index is 1.59. The number of ether oxygens (including phenoxy) is 2. The Labute approximate surface area is 175 Å². The number of hydrogen-bond donors (Lipinski definition) is 0. The molecule has 0 N–H and O–H groups in total. The highest BCUT2D eigenvalue weighted by Gasteiger charge is 2.62. The van der Waals surface area contributed by atoms with Gasteiger partial charge in [-0.2, -0.15) is 0 Å². The summed E-state index contributed by atoms with van der Waals surface area (Å²) < 4.78 is 11.3. The van der Waals surface area contributed by atoms with Gasteiger partial charge in [0.2, 0.25) is 0 Å². The molecule has 160 valence electrons. The highest BCUT2D eigenvalue weighted by molar-refractivity contribution is 5.66. The largest absolute Gasteiger partial charge is 0.462 e. The molecule has 29 heavy (non-hydrogen) atoms. The van der Waals surface area contributed by atoms with Crippen molar-refractivity contribution >= 4 is 11.9 Å². The van der Waals surface area contributed by atoms with Crippen LogP contribution < -0.4 is 0 Å². The molecule has 0 bridgehead atoms. The quantitative estimate of drug-likeness (QED) is 0.490. The number of hydrogen-bond acceptors (Lipinski definition) is 4. The maximum Gasteiger partial charge on any atom is 0.303 e. The molecule has 0 spiro atoms. The van der Waals surface area contributed by atoms with Crippen LogP contribution in [0.5, 0.6) is 0 Å². The van der Waals surface area contributed by atoms with Gasteiger partial charge in [0, 0.05) is 19.8 Å². The first-order chi connectivity index (χ1) is 13.7. The fraction of sp³-hybridized carbons (Fsp3) is 0.760. The lowest BCUT2D eigenvalue weighted by Gasteiger charge is -2.59. The fourth-order valence-electron chi connectivity index (χ4n) is 7.86. The van der Waals surface area contributed by atoms with Crippen LogP contribution in [0.15, 0.2) is 24.8 Å². The maximum atomic E-state index is 11.7. The smallest absolute Gasteiger partial charge is 0.303 e. The Morgan fingerprint density at radius 3 is 2.41 bits per heavy atom. The molecule has 0 aliphatic heterocycles. The molecular weight excluding hydrogens is 364 g/mol. The first-order valence-electron chi connectivity index (χ1n) is 11.4. The molecule has 3 fully saturated rings. The second kappa shape index (κ2) is 7.28. The number of carbonyl (C=O) groups excluding carboxylic acids is 2. The average Bonchev–Trinajstić information content (AvgIpc) is 2.92. The molecule has 0 radical (unpaired) electrons. The van der Waals surface area contributed by atoms with Crippen LogP contribution in [0.4, 0.5) is 0 Å². The molecule has 4 heteroatoms. The molecule has 0 amide bonds. The zero-order valence-corrected chi connectivity index (χ0v) is 18.4. The van der Waals surface area contributed by atoms with Gasteiger partial charge in [-0.1, -0.05) is 26.0 Å². The van der Waals surface area contributed by atoms with Crippen molar-refractivity contribution in [2.24, 2.45) is 40.4 Å². The van der Waals surface area contributed by atoms with Gasteiger partial charge < -0.3 is 9.47 Å². The first kappa shape index (κ1) is 20.7. The van der Waals surface area contributed by atoms with Crippen LogP contribution in [0.25, 0.3) is 0 Å². The average molecular weight is 401 g/mol. The van der Waals surface area contributed by atoms with Crippen LogP contribution in [0.2, 0.25) is 0 Å². The van der Waals surface area contributed by atoms with Gasteiger partial charge in [-0.25, -0.2) is 0 Å². The van der Waals surface area contributed by atoms with Gasteiger partial charge in [-0.05, 0) is 79.1 Å². The predicted molar refractivity (Wildman–Crippen MR) is 112 cm³/mol. The van der Waals surface area contributed by atoms with Crippen LogP contribution in [0.1, 0.15) is 66.2 Å². The number of fused-ring (bicyclic) bond motifs is 5. The second-order valence-electron chi connectivity index (χ2n) is 10.4. The molecule has 0 aromatic rings. The number of esters is 2. The van der Waals surface area contributed by atoms with E-state index in [9.17, 15) is 9.59 Å². The SMILES string of the molecule is C=C[C@H]1[C@@H](OC(C)=O)C[C@H]2[C@@H]3CC[C@H]4C[C@H](OC(C)=O)C=C[C@]4(C)[C@H]3CC[C@]12C. The molecule has 4 aliphatic rings. The molecule has 4 aliphatic carbocycles. The van der Waals surface area contributed by atoms with E-state index in [2.05, 4.69) is 32.6 Å². The zero-order valence-electron chi connectivity index (χ0n) is 18.4. The van der Waals surface area contributed by atoms with Crippen molar-refractivity contribution in [3.05, 3.63) is 24.8 Å². The van der Waals surface area contributed by atoms with E-state index in [0.29, 0.717) is 23.7 Å². The summed E-state index contributed by atoms with van der Waals surface area (Å²) in [7, 11) is 0. The molecule has 3 saturated carbocycles. The van der Waals surface area contributed by atoms with Crippen molar-refractivity contribution in [1.29, 1.82) is 0 Å². The normalized spacial score (nSPS) is 48.1. The van der Waals surface area contributed by atoms with Crippen molar-refractivity contribution in [3.8, 4) is 0 Å². The van der Waals surface area contributed by atoms with Gasteiger partial charge in [0.15, 0.2) is 0 Å². The Kier molecular flexibility index (Phi) is 5.19. The number of allylic oxidation sites excluding steroid dienone is 1. The predicted octanol–water partition coefficient (Wildman–Crippen LogP) is 5.08. The van der Waals surface area contributed by atoms with Gasteiger partial charge in [-0.3, -0.25) is 9.59 Å². The third-order valence-electron chi connectivity index (χ3n) is 9.13. The Morgan fingerprint density at radius 1 is 1.03 bits per heavy atom. The van der Waals surface area contributed by atoms with Gasteiger partial charge in [-0.15, -0.1) is 6.58 Å². The Bertz CT molecular complexity index is 726. The van der Waals surface area contributed by atoms with Crippen molar-refractivity contribution < 1.29 is 19.1 Å². The van der Waals surface area contributed by atoms with Gasteiger partial charge in [0.25, 0.3) is 0 Å². The van der Waals surface area contributed by atoms with Gasteiger partial charge in [0.1, 0.15) is 12.2 Å². The van der Waals surface area contributed by atoms with Crippen molar-refractivity contribution in [1.82, 2.24) is 0 Å². The fourth-order valence-corrected chi connectivity index (χ4v) is 7.86. The van der Waals surface area contributed by atoms with E-state index in [0.717, 1.165) is 19.3 Å². The van der Waals surface area contributed by atoms with E-state index >= 15 is 0 Å². The highest BCUT2D eigenvalue weighted by atomic mass is 16.5. The molecule has 0 heterocycles. The summed E-state index contributed by atoms with van der Waals surface area (Å²) in [5, 5.41) is 0. The summed E-state index contributed by atoms with van der Waals surface area (Å²) in [6.07, 6.45) is 13.2. The molecule has 4 rings (SSSR count). The maximum absolute atomic E-state index is 11.7. The lowest BCUT2D eigenvalue weighted by atomic mass is 9.46.